The molecular formula is C19H13ClN8OS. The lowest BCUT2D eigenvalue weighted by Crippen LogP contribution is -2.12. The average Bonchev–Trinajstić information content (AvgIpc) is 3.52. The van der Waals surface area contributed by atoms with Crippen LogP contribution in [0.2, 0.25) is 5.02 Å². The molecule has 0 radical (unpaired) electrons. The van der Waals surface area contributed by atoms with Gasteiger partial charge in [-0.1, -0.05) is 23.7 Å². The fourth-order valence-electron chi connectivity index (χ4n) is 2.90. The van der Waals surface area contributed by atoms with Crippen LogP contribution in [-0.4, -0.2) is 35.7 Å². The molecule has 1 amide bonds. The minimum Gasteiger partial charge on any atom is -0.329 e. The SMILES string of the molecule is O=C(Nc1cccc(-c2nsc(Nc3ccc4[nH]ncc4c3Cl)n2)c1)c1cc[nH]n1. The number of benzene rings is 2. The molecule has 5 aromatic rings. The molecule has 11 heteroatoms. The van der Waals surface area contributed by atoms with Crippen LogP contribution in [-0.2, 0) is 0 Å². The second-order valence-electron chi connectivity index (χ2n) is 6.30. The minimum absolute atomic E-state index is 0.300. The molecule has 0 aliphatic rings. The van der Waals surface area contributed by atoms with E-state index in [1.165, 1.54) is 11.5 Å². The highest BCUT2D eigenvalue weighted by molar-refractivity contribution is 7.10. The number of hydrogen-bond acceptors (Lipinski definition) is 7. The van der Waals surface area contributed by atoms with Gasteiger partial charge in [-0.15, -0.1) is 0 Å². The van der Waals surface area contributed by atoms with E-state index >= 15 is 0 Å². The Morgan fingerprint density at radius 1 is 1.17 bits per heavy atom. The van der Waals surface area contributed by atoms with E-state index in [9.17, 15) is 4.79 Å². The second-order valence-corrected chi connectivity index (χ2v) is 7.43. The van der Waals surface area contributed by atoms with Gasteiger partial charge in [-0.3, -0.25) is 15.0 Å². The Hall–Kier alpha value is -3.76. The number of aromatic nitrogens is 6. The van der Waals surface area contributed by atoms with Crippen LogP contribution in [0.3, 0.4) is 0 Å². The lowest BCUT2D eigenvalue weighted by molar-refractivity contribution is 0.102. The molecular weight excluding hydrogens is 424 g/mol. The summed E-state index contributed by atoms with van der Waals surface area (Å²) in [5, 5.41) is 21.4. The molecule has 0 unspecified atom stereocenters. The maximum atomic E-state index is 12.2. The molecule has 0 atom stereocenters. The molecule has 0 aliphatic heterocycles. The zero-order chi connectivity index (χ0) is 20.5. The molecule has 0 bridgehead atoms. The molecule has 9 nitrogen and oxygen atoms in total. The van der Waals surface area contributed by atoms with Crippen LogP contribution < -0.4 is 10.6 Å². The van der Waals surface area contributed by atoms with E-state index in [-0.39, 0.29) is 5.91 Å². The number of hydrogen-bond donors (Lipinski definition) is 4. The van der Waals surface area contributed by atoms with Crippen molar-refractivity contribution in [1.29, 1.82) is 0 Å². The van der Waals surface area contributed by atoms with E-state index in [2.05, 4.69) is 40.4 Å². The van der Waals surface area contributed by atoms with E-state index in [0.29, 0.717) is 33.0 Å². The van der Waals surface area contributed by atoms with Crippen LogP contribution in [0.1, 0.15) is 10.5 Å². The van der Waals surface area contributed by atoms with Gasteiger partial charge in [0.15, 0.2) is 5.82 Å². The number of H-pyrrole nitrogens is 2. The predicted octanol–water partition coefficient (Wildman–Crippen LogP) is 4.45. The third-order valence-corrected chi connectivity index (χ3v) is 5.38. The van der Waals surface area contributed by atoms with Gasteiger partial charge in [0.1, 0.15) is 5.69 Å². The van der Waals surface area contributed by atoms with Crippen LogP contribution in [0.25, 0.3) is 22.3 Å². The van der Waals surface area contributed by atoms with Gasteiger partial charge in [-0.2, -0.15) is 19.6 Å². The molecule has 0 saturated heterocycles. The molecule has 3 heterocycles. The van der Waals surface area contributed by atoms with Crippen molar-refractivity contribution >= 4 is 56.4 Å². The topological polar surface area (TPSA) is 124 Å². The third kappa shape index (κ3) is 3.49. The Kier molecular flexibility index (Phi) is 4.62. The van der Waals surface area contributed by atoms with Crippen molar-refractivity contribution in [1.82, 2.24) is 29.8 Å². The minimum atomic E-state index is -0.300. The van der Waals surface area contributed by atoms with Crippen molar-refractivity contribution < 1.29 is 4.79 Å². The maximum absolute atomic E-state index is 12.2. The third-order valence-electron chi connectivity index (χ3n) is 4.34. The molecule has 4 N–H and O–H groups in total. The van der Waals surface area contributed by atoms with E-state index in [1.807, 2.05) is 24.3 Å². The van der Waals surface area contributed by atoms with E-state index in [4.69, 9.17) is 11.6 Å². The highest BCUT2D eigenvalue weighted by atomic mass is 35.5. The Morgan fingerprint density at radius 2 is 2.10 bits per heavy atom. The Bertz CT molecular complexity index is 1340. The molecule has 0 spiro atoms. The van der Waals surface area contributed by atoms with Gasteiger partial charge in [-0.25, -0.2) is 0 Å². The fourth-order valence-corrected chi connectivity index (χ4v) is 3.77. The van der Waals surface area contributed by atoms with Crippen molar-refractivity contribution in [3.05, 3.63) is 65.6 Å². The number of carbonyl (C=O) groups excluding carboxylic acids is 1. The highest BCUT2D eigenvalue weighted by Crippen LogP contribution is 2.33. The first-order valence-corrected chi connectivity index (χ1v) is 9.96. The quantitative estimate of drug-likeness (QED) is 0.322. The van der Waals surface area contributed by atoms with E-state index in [0.717, 1.165) is 16.5 Å². The van der Waals surface area contributed by atoms with Gasteiger partial charge in [0, 0.05) is 34.4 Å². The summed E-state index contributed by atoms with van der Waals surface area (Å²) in [6, 6.07) is 12.7. The van der Waals surface area contributed by atoms with Gasteiger partial charge < -0.3 is 10.6 Å². The van der Waals surface area contributed by atoms with Gasteiger partial charge in [-0.05, 0) is 30.3 Å². The summed E-state index contributed by atoms with van der Waals surface area (Å²) in [4.78, 5) is 16.7. The van der Waals surface area contributed by atoms with Crippen molar-refractivity contribution in [2.75, 3.05) is 10.6 Å². The van der Waals surface area contributed by atoms with Gasteiger partial charge in [0.25, 0.3) is 5.91 Å². The lowest BCUT2D eigenvalue weighted by atomic mass is 10.2. The van der Waals surface area contributed by atoms with Gasteiger partial charge >= 0.3 is 0 Å². The van der Waals surface area contributed by atoms with Crippen LogP contribution in [0.5, 0.6) is 0 Å². The van der Waals surface area contributed by atoms with E-state index < -0.39 is 0 Å². The monoisotopic (exact) mass is 436 g/mol. The molecule has 148 valence electrons. The number of nitrogens with zero attached hydrogens (tertiary/aromatic N) is 4. The molecule has 5 rings (SSSR count). The molecule has 0 saturated carbocycles. The number of aromatic amines is 2. The zero-order valence-corrected chi connectivity index (χ0v) is 16.8. The second kappa shape index (κ2) is 7.58. The van der Waals surface area contributed by atoms with Crippen LogP contribution in [0.15, 0.2) is 54.9 Å². The molecule has 30 heavy (non-hydrogen) atoms. The normalized spacial score (nSPS) is 11.0. The Balaban J connectivity index is 1.36. The molecule has 3 aromatic heterocycles. The fraction of sp³-hybridized carbons (Fsp3) is 0. The van der Waals surface area contributed by atoms with E-state index in [1.54, 1.807) is 30.6 Å². The summed E-state index contributed by atoms with van der Waals surface area (Å²) in [6.07, 6.45) is 3.27. The van der Waals surface area contributed by atoms with Crippen molar-refractivity contribution in [2.24, 2.45) is 0 Å². The summed E-state index contributed by atoms with van der Waals surface area (Å²) in [7, 11) is 0. The number of rotatable bonds is 5. The van der Waals surface area contributed by atoms with Crippen LogP contribution in [0.4, 0.5) is 16.5 Å². The van der Waals surface area contributed by atoms with Crippen molar-refractivity contribution in [2.45, 2.75) is 0 Å². The number of halogens is 1. The highest BCUT2D eigenvalue weighted by Gasteiger charge is 2.13. The summed E-state index contributed by atoms with van der Waals surface area (Å²) in [6.45, 7) is 0. The van der Waals surface area contributed by atoms with Crippen molar-refractivity contribution in [3.8, 4) is 11.4 Å². The summed E-state index contributed by atoms with van der Waals surface area (Å²) < 4.78 is 4.41. The summed E-state index contributed by atoms with van der Waals surface area (Å²) in [5.41, 5.74) is 3.28. The van der Waals surface area contributed by atoms with Gasteiger partial charge in [0.2, 0.25) is 5.13 Å². The largest absolute Gasteiger partial charge is 0.329 e. The first-order valence-electron chi connectivity index (χ1n) is 8.81. The standard InChI is InChI=1S/C19H13ClN8OS/c20-16-12-9-22-26-13(12)4-5-14(16)24-19-25-17(28-30-19)10-2-1-3-11(8-10)23-18(29)15-6-7-21-27-15/h1-9H,(H,21,27)(H,22,26)(H,23,29)(H,24,25,28). The Morgan fingerprint density at radius 3 is 2.97 bits per heavy atom. The molecule has 2 aromatic carbocycles. The summed E-state index contributed by atoms with van der Waals surface area (Å²) >= 11 is 7.67. The number of fused-ring (bicyclic) bond motifs is 1. The zero-order valence-electron chi connectivity index (χ0n) is 15.2. The van der Waals surface area contributed by atoms with Crippen LogP contribution >= 0.6 is 23.1 Å². The first kappa shape index (κ1) is 18.3. The molecule has 0 aliphatic carbocycles. The lowest BCUT2D eigenvalue weighted by Gasteiger charge is -2.05. The van der Waals surface area contributed by atoms with Crippen LogP contribution in [0, 0.1) is 0 Å². The number of carbonyl (C=O) groups is 1. The Labute approximate surface area is 178 Å². The van der Waals surface area contributed by atoms with Crippen molar-refractivity contribution in [3.63, 3.8) is 0 Å². The van der Waals surface area contributed by atoms with Gasteiger partial charge in [0.05, 0.1) is 22.4 Å². The first-order chi connectivity index (χ1) is 14.7. The number of nitrogens with one attached hydrogen (secondary N) is 4. The smallest absolute Gasteiger partial charge is 0.276 e. The average molecular weight is 437 g/mol. The molecule has 0 fully saturated rings. The summed E-state index contributed by atoms with van der Waals surface area (Å²) in [5.74, 6) is 0.241. The predicted molar refractivity (Wildman–Crippen MR) is 116 cm³/mol. The number of anilines is 3. The number of amides is 1. The maximum Gasteiger partial charge on any atom is 0.276 e.